The molecule has 0 unspecified atom stereocenters. The molecule has 0 saturated carbocycles. The quantitative estimate of drug-likeness (QED) is 0.823. The summed E-state index contributed by atoms with van der Waals surface area (Å²) in [6.45, 7) is 1.29. The normalized spacial score (nSPS) is 15.8. The van der Waals surface area contributed by atoms with Crippen molar-refractivity contribution >= 4 is 17.7 Å². The average Bonchev–Trinajstić information content (AvgIpc) is 3.02. The van der Waals surface area contributed by atoms with Gasteiger partial charge in [-0.05, 0) is 36.4 Å². The number of nitrogens with one attached hydrogen (secondary N) is 1. The smallest absolute Gasteiger partial charge is 0.220 e. The average molecular weight is 327 g/mol. The Morgan fingerprint density at radius 2 is 2.00 bits per heavy atom. The first-order chi connectivity index (χ1) is 11.3. The highest BCUT2D eigenvalue weighted by Gasteiger charge is 2.23. The lowest BCUT2D eigenvalue weighted by atomic mass is 10.0. The Balaban J connectivity index is 1.45. The number of ether oxygens (including phenoxy) is 1. The maximum Gasteiger partial charge on any atom is 0.220 e. The van der Waals surface area contributed by atoms with Crippen LogP contribution in [0.5, 0.6) is 5.75 Å². The number of thioether (sulfide) groups is 1. The fourth-order valence-electron chi connectivity index (χ4n) is 2.77. The van der Waals surface area contributed by atoms with Gasteiger partial charge in [0.05, 0.1) is 6.61 Å². The van der Waals surface area contributed by atoms with Gasteiger partial charge >= 0.3 is 0 Å². The molecule has 3 nitrogen and oxygen atoms in total. The lowest BCUT2D eigenvalue weighted by Crippen LogP contribution is -2.29. The second-order valence-electron chi connectivity index (χ2n) is 5.70. The molecule has 4 heteroatoms. The Labute approximate surface area is 141 Å². The predicted molar refractivity (Wildman–Crippen MR) is 94.2 cm³/mol. The molecule has 23 heavy (non-hydrogen) atoms. The largest absolute Gasteiger partial charge is 0.493 e. The van der Waals surface area contributed by atoms with E-state index in [9.17, 15) is 4.79 Å². The van der Waals surface area contributed by atoms with E-state index in [1.54, 1.807) is 11.8 Å². The van der Waals surface area contributed by atoms with Gasteiger partial charge in [-0.1, -0.05) is 30.3 Å². The molecule has 0 spiro atoms. The lowest BCUT2D eigenvalue weighted by molar-refractivity contribution is -0.121. The number of carbonyl (C=O) groups excluding carboxylic acids is 1. The molecule has 0 aliphatic carbocycles. The van der Waals surface area contributed by atoms with E-state index in [2.05, 4.69) is 41.9 Å². The van der Waals surface area contributed by atoms with E-state index in [-0.39, 0.29) is 11.8 Å². The van der Waals surface area contributed by atoms with Gasteiger partial charge < -0.3 is 10.1 Å². The van der Waals surface area contributed by atoms with Gasteiger partial charge in [0.15, 0.2) is 0 Å². The van der Waals surface area contributed by atoms with Crippen LogP contribution in [0, 0.1) is 0 Å². The molecule has 0 saturated heterocycles. The van der Waals surface area contributed by atoms with E-state index < -0.39 is 0 Å². The zero-order valence-electron chi connectivity index (χ0n) is 13.2. The fourth-order valence-corrected chi connectivity index (χ4v) is 3.18. The van der Waals surface area contributed by atoms with Crippen LogP contribution in [0.25, 0.3) is 0 Å². The first-order valence-corrected chi connectivity index (χ1v) is 9.10. The molecule has 1 aliphatic rings. The first kappa shape index (κ1) is 15.9. The maximum atomic E-state index is 12.1. The molecule has 0 radical (unpaired) electrons. The summed E-state index contributed by atoms with van der Waals surface area (Å²) in [6, 6.07) is 16.4. The summed E-state index contributed by atoms with van der Waals surface area (Å²) >= 11 is 1.73. The van der Waals surface area contributed by atoms with Gasteiger partial charge in [-0.3, -0.25) is 4.79 Å². The van der Waals surface area contributed by atoms with Crippen molar-refractivity contribution in [2.45, 2.75) is 23.7 Å². The first-order valence-electron chi connectivity index (χ1n) is 7.87. The van der Waals surface area contributed by atoms with Gasteiger partial charge in [-0.2, -0.15) is 0 Å². The van der Waals surface area contributed by atoms with Crippen LogP contribution < -0.4 is 10.1 Å². The molecule has 1 aliphatic heterocycles. The summed E-state index contributed by atoms with van der Waals surface area (Å²) in [5.74, 6) is 1.31. The van der Waals surface area contributed by atoms with Crippen molar-refractivity contribution in [2.75, 3.05) is 19.4 Å². The van der Waals surface area contributed by atoms with Crippen LogP contribution in [0.2, 0.25) is 0 Å². The van der Waals surface area contributed by atoms with Crippen molar-refractivity contribution in [3.8, 4) is 5.75 Å². The molecule has 0 bridgehead atoms. The Morgan fingerprint density at radius 3 is 2.78 bits per heavy atom. The number of para-hydroxylation sites is 1. The molecule has 0 fully saturated rings. The Bertz CT molecular complexity index is 669. The predicted octanol–water partition coefficient (Wildman–Crippen LogP) is 3.63. The molecule has 0 aromatic heterocycles. The summed E-state index contributed by atoms with van der Waals surface area (Å²) in [6.07, 6.45) is 3.36. The van der Waals surface area contributed by atoms with Gasteiger partial charge in [-0.25, -0.2) is 0 Å². The van der Waals surface area contributed by atoms with Crippen molar-refractivity contribution in [3.63, 3.8) is 0 Å². The Morgan fingerprint density at radius 1 is 1.22 bits per heavy atom. The monoisotopic (exact) mass is 327 g/mol. The standard InChI is InChI=1S/C19H21NO2S/c1-23-16-9-6-14(7-10-16)8-11-19(21)20-12-15-13-22-18-5-3-2-4-17(15)18/h2-7,9-10,15H,8,11-13H2,1H3,(H,20,21)/t15-/m1/s1. The van der Waals surface area contributed by atoms with Crippen molar-refractivity contribution < 1.29 is 9.53 Å². The third-order valence-corrected chi connectivity index (χ3v) is 4.89. The fraction of sp³-hybridized carbons (Fsp3) is 0.316. The molecule has 120 valence electrons. The van der Waals surface area contributed by atoms with Crippen LogP contribution in [0.3, 0.4) is 0 Å². The molecular weight excluding hydrogens is 306 g/mol. The van der Waals surface area contributed by atoms with E-state index in [1.807, 2.05) is 18.2 Å². The van der Waals surface area contributed by atoms with Crippen molar-refractivity contribution in [1.29, 1.82) is 0 Å². The van der Waals surface area contributed by atoms with Gasteiger partial charge in [-0.15, -0.1) is 11.8 Å². The van der Waals surface area contributed by atoms with E-state index in [1.165, 1.54) is 16.0 Å². The highest BCUT2D eigenvalue weighted by atomic mass is 32.2. The summed E-state index contributed by atoms with van der Waals surface area (Å²) < 4.78 is 5.64. The van der Waals surface area contributed by atoms with Gasteiger partial charge in [0, 0.05) is 29.3 Å². The highest BCUT2D eigenvalue weighted by Crippen LogP contribution is 2.32. The zero-order chi connectivity index (χ0) is 16.1. The molecular formula is C19H21NO2S. The van der Waals surface area contributed by atoms with Crippen LogP contribution in [-0.2, 0) is 11.2 Å². The number of benzene rings is 2. The molecule has 2 aromatic rings. The minimum absolute atomic E-state index is 0.100. The van der Waals surface area contributed by atoms with Crippen LogP contribution >= 0.6 is 11.8 Å². The van der Waals surface area contributed by atoms with E-state index >= 15 is 0 Å². The summed E-state index contributed by atoms with van der Waals surface area (Å²) in [5.41, 5.74) is 2.40. The maximum absolute atomic E-state index is 12.1. The second kappa shape index (κ2) is 7.55. The molecule has 1 atom stereocenters. The molecule has 1 amide bonds. The molecule has 2 aromatic carbocycles. The third kappa shape index (κ3) is 4.08. The second-order valence-corrected chi connectivity index (χ2v) is 6.58. The van der Waals surface area contributed by atoms with E-state index in [4.69, 9.17) is 4.74 Å². The number of rotatable bonds is 6. The van der Waals surface area contributed by atoms with E-state index in [0.717, 1.165) is 12.2 Å². The Kier molecular flexibility index (Phi) is 5.23. The van der Waals surface area contributed by atoms with Crippen LogP contribution in [0.1, 0.15) is 23.5 Å². The van der Waals surface area contributed by atoms with Crippen LogP contribution in [0.4, 0.5) is 0 Å². The van der Waals surface area contributed by atoms with E-state index in [0.29, 0.717) is 19.6 Å². The van der Waals surface area contributed by atoms with Gasteiger partial charge in [0.25, 0.3) is 0 Å². The zero-order valence-corrected chi connectivity index (χ0v) is 14.1. The molecule has 3 rings (SSSR count). The topological polar surface area (TPSA) is 38.3 Å². The van der Waals surface area contributed by atoms with Crippen LogP contribution in [0.15, 0.2) is 53.4 Å². The number of carbonyl (C=O) groups is 1. The number of aryl methyl sites for hydroxylation is 1. The van der Waals surface area contributed by atoms with Gasteiger partial charge in [0.2, 0.25) is 5.91 Å². The number of hydrogen-bond donors (Lipinski definition) is 1. The summed E-state index contributed by atoms with van der Waals surface area (Å²) in [4.78, 5) is 13.3. The third-order valence-electron chi connectivity index (χ3n) is 4.14. The highest BCUT2D eigenvalue weighted by molar-refractivity contribution is 7.98. The lowest BCUT2D eigenvalue weighted by Gasteiger charge is -2.10. The number of fused-ring (bicyclic) bond motifs is 1. The van der Waals surface area contributed by atoms with Crippen molar-refractivity contribution in [2.24, 2.45) is 0 Å². The minimum atomic E-state index is 0.100. The summed E-state index contributed by atoms with van der Waals surface area (Å²) in [7, 11) is 0. The van der Waals surface area contributed by atoms with Crippen LogP contribution in [-0.4, -0.2) is 25.3 Å². The van der Waals surface area contributed by atoms with Crippen molar-refractivity contribution in [1.82, 2.24) is 5.32 Å². The van der Waals surface area contributed by atoms with Gasteiger partial charge in [0.1, 0.15) is 5.75 Å². The molecule has 1 N–H and O–H groups in total. The van der Waals surface area contributed by atoms with Crippen molar-refractivity contribution in [3.05, 3.63) is 59.7 Å². The minimum Gasteiger partial charge on any atom is -0.493 e. The SMILES string of the molecule is CSc1ccc(CCC(=O)NC[C@@H]2COc3ccccc32)cc1. The number of hydrogen-bond acceptors (Lipinski definition) is 3. The number of amides is 1. The molecule has 1 heterocycles. The summed E-state index contributed by atoms with van der Waals surface area (Å²) in [5, 5.41) is 3.04. The Hall–Kier alpha value is -1.94.